The third kappa shape index (κ3) is 4.66. The number of anilines is 1. The van der Waals surface area contributed by atoms with Gasteiger partial charge in [-0.15, -0.1) is 0 Å². The van der Waals surface area contributed by atoms with Crippen LogP contribution in [0.3, 0.4) is 0 Å². The van der Waals surface area contributed by atoms with Gasteiger partial charge in [-0.25, -0.2) is 4.79 Å². The maximum Gasteiger partial charge on any atom is 0.337 e. The maximum absolute atomic E-state index is 12.0. The molecule has 2 aromatic rings. The van der Waals surface area contributed by atoms with Gasteiger partial charge in [0.2, 0.25) is 0 Å². The molecule has 3 N–H and O–H groups in total. The van der Waals surface area contributed by atoms with Gasteiger partial charge in [0.1, 0.15) is 0 Å². The zero-order valence-electron chi connectivity index (χ0n) is 11.5. The van der Waals surface area contributed by atoms with Crippen LogP contribution in [0.15, 0.2) is 42.5 Å². The lowest BCUT2D eigenvalue weighted by molar-refractivity contribution is 0.0697. The van der Waals surface area contributed by atoms with E-state index in [1.54, 1.807) is 24.3 Å². The molecule has 0 aliphatic heterocycles. The van der Waals surface area contributed by atoms with Crippen molar-refractivity contribution in [3.05, 3.63) is 63.6 Å². The van der Waals surface area contributed by atoms with Gasteiger partial charge in [-0.3, -0.25) is 10.1 Å². The molecule has 0 unspecified atom stereocenters. The molecule has 0 aromatic heterocycles. The Kier molecular flexibility index (Phi) is 5.54. The van der Waals surface area contributed by atoms with Crippen molar-refractivity contribution in [2.75, 3.05) is 5.32 Å². The highest BCUT2D eigenvalue weighted by atomic mass is 35.5. The first-order chi connectivity index (χ1) is 10.9. The maximum atomic E-state index is 12.0. The number of hydrogen-bond acceptors (Lipinski definition) is 3. The zero-order chi connectivity index (χ0) is 17.0. The van der Waals surface area contributed by atoms with Crippen molar-refractivity contribution in [1.29, 1.82) is 0 Å². The number of aromatic carboxylic acids is 1. The summed E-state index contributed by atoms with van der Waals surface area (Å²) < 4.78 is 0. The highest BCUT2D eigenvalue weighted by Gasteiger charge is 2.12. The zero-order valence-corrected chi connectivity index (χ0v) is 13.8. The van der Waals surface area contributed by atoms with E-state index < -0.39 is 11.9 Å². The lowest BCUT2D eigenvalue weighted by atomic mass is 10.2. The Hall–Kier alpha value is -2.15. The van der Waals surface area contributed by atoms with E-state index in [4.69, 9.17) is 40.5 Å². The van der Waals surface area contributed by atoms with Crippen LogP contribution < -0.4 is 10.6 Å². The van der Waals surface area contributed by atoms with Gasteiger partial charge < -0.3 is 10.4 Å². The van der Waals surface area contributed by atoms with Gasteiger partial charge in [-0.05, 0) is 48.6 Å². The first-order valence-electron chi connectivity index (χ1n) is 6.27. The molecule has 0 atom stereocenters. The number of thiocarbonyl (C=S) groups is 1. The van der Waals surface area contributed by atoms with E-state index in [0.717, 1.165) is 0 Å². The molecule has 0 saturated carbocycles. The summed E-state index contributed by atoms with van der Waals surface area (Å²) in [6.07, 6.45) is 0. The number of carbonyl (C=O) groups is 2. The normalized spacial score (nSPS) is 10.0. The number of amides is 1. The number of carbonyl (C=O) groups excluding carboxylic acids is 1. The van der Waals surface area contributed by atoms with Gasteiger partial charge in [-0.2, -0.15) is 0 Å². The summed E-state index contributed by atoms with van der Waals surface area (Å²) >= 11 is 16.6. The summed E-state index contributed by atoms with van der Waals surface area (Å²) in [5.74, 6) is -1.59. The molecule has 0 fully saturated rings. The molecule has 8 heteroatoms. The Morgan fingerprint density at radius 2 is 1.83 bits per heavy atom. The Bertz CT molecular complexity index is 796. The summed E-state index contributed by atoms with van der Waals surface area (Å²) in [5.41, 5.74) is 0.674. The molecule has 0 spiro atoms. The Morgan fingerprint density at radius 1 is 1.09 bits per heavy atom. The highest BCUT2D eigenvalue weighted by Crippen LogP contribution is 2.20. The average Bonchev–Trinajstić information content (AvgIpc) is 2.48. The third-order valence-corrected chi connectivity index (χ3v) is 3.54. The molecule has 118 valence electrons. The molecule has 2 aromatic carbocycles. The fraction of sp³-hybridized carbons (Fsp3) is 0. The molecule has 0 radical (unpaired) electrons. The summed E-state index contributed by atoms with van der Waals surface area (Å²) in [6, 6.07) is 10.7. The van der Waals surface area contributed by atoms with Crippen LogP contribution in [-0.4, -0.2) is 22.1 Å². The van der Waals surface area contributed by atoms with Crippen molar-refractivity contribution in [3.63, 3.8) is 0 Å². The molecule has 0 aliphatic rings. The van der Waals surface area contributed by atoms with Crippen molar-refractivity contribution in [3.8, 4) is 0 Å². The van der Waals surface area contributed by atoms with E-state index >= 15 is 0 Å². The molecule has 1 amide bonds. The minimum atomic E-state index is -1.16. The number of hydrogen-bond donors (Lipinski definition) is 3. The van der Waals surface area contributed by atoms with E-state index in [9.17, 15) is 9.59 Å². The number of carboxylic acid groups (broad SMARTS) is 1. The molecule has 0 heterocycles. The van der Waals surface area contributed by atoms with E-state index in [1.807, 2.05) is 0 Å². The standard InChI is InChI=1S/C15H10Cl2N2O3S/c16-9-3-1-2-8(6-9)13(20)19-15(23)18-10-4-5-12(17)11(7-10)14(21)22/h1-7H,(H,21,22)(H2,18,19,20,23). The second kappa shape index (κ2) is 7.41. The van der Waals surface area contributed by atoms with Crippen molar-refractivity contribution in [2.45, 2.75) is 0 Å². The quantitative estimate of drug-likeness (QED) is 0.717. The smallest absolute Gasteiger partial charge is 0.337 e. The molecule has 5 nitrogen and oxygen atoms in total. The SMILES string of the molecule is O=C(NC(=S)Nc1ccc(Cl)c(C(=O)O)c1)c1cccc(Cl)c1. The van der Waals surface area contributed by atoms with Crippen LogP contribution in [0.5, 0.6) is 0 Å². The monoisotopic (exact) mass is 368 g/mol. The van der Waals surface area contributed by atoms with Gasteiger partial charge in [0.05, 0.1) is 10.6 Å². The van der Waals surface area contributed by atoms with Crippen molar-refractivity contribution < 1.29 is 14.7 Å². The van der Waals surface area contributed by atoms with Crippen molar-refractivity contribution >= 4 is 58.1 Å². The summed E-state index contributed by atoms with van der Waals surface area (Å²) in [4.78, 5) is 23.0. The number of halogens is 2. The largest absolute Gasteiger partial charge is 0.478 e. The van der Waals surface area contributed by atoms with Crippen LogP contribution >= 0.6 is 35.4 Å². The number of carboxylic acids is 1. The second-order valence-electron chi connectivity index (χ2n) is 4.42. The third-order valence-electron chi connectivity index (χ3n) is 2.77. The first-order valence-corrected chi connectivity index (χ1v) is 7.44. The molecule has 0 saturated heterocycles. The molecular formula is C15H10Cl2N2O3S. The van der Waals surface area contributed by atoms with E-state index in [2.05, 4.69) is 10.6 Å². The molecule has 23 heavy (non-hydrogen) atoms. The lowest BCUT2D eigenvalue weighted by Gasteiger charge is -2.10. The predicted octanol–water partition coefficient (Wildman–Crippen LogP) is 3.82. The number of nitrogens with one attached hydrogen (secondary N) is 2. The van der Waals surface area contributed by atoms with Gasteiger partial charge in [0.25, 0.3) is 5.91 Å². The minimum Gasteiger partial charge on any atom is -0.478 e. The average molecular weight is 369 g/mol. The topological polar surface area (TPSA) is 78.4 Å². The number of benzene rings is 2. The minimum absolute atomic E-state index is 0.0219. The van der Waals surface area contributed by atoms with Crippen molar-refractivity contribution in [1.82, 2.24) is 5.32 Å². The lowest BCUT2D eigenvalue weighted by Crippen LogP contribution is -2.34. The van der Waals surface area contributed by atoms with E-state index in [1.165, 1.54) is 18.2 Å². The van der Waals surface area contributed by atoms with Crippen molar-refractivity contribution in [2.24, 2.45) is 0 Å². The summed E-state index contributed by atoms with van der Waals surface area (Å²) in [6.45, 7) is 0. The van der Waals surface area contributed by atoms with Crippen LogP contribution in [0.1, 0.15) is 20.7 Å². The van der Waals surface area contributed by atoms with E-state index in [-0.39, 0.29) is 15.7 Å². The Labute approximate surface area is 147 Å². The highest BCUT2D eigenvalue weighted by molar-refractivity contribution is 7.80. The molecule has 2 rings (SSSR count). The molecular weight excluding hydrogens is 359 g/mol. The van der Waals surface area contributed by atoms with E-state index in [0.29, 0.717) is 16.3 Å². The first kappa shape index (κ1) is 17.2. The summed E-state index contributed by atoms with van der Waals surface area (Å²) in [7, 11) is 0. The molecule has 0 aliphatic carbocycles. The fourth-order valence-electron chi connectivity index (χ4n) is 1.73. The van der Waals surface area contributed by atoms with Crippen LogP contribution in [0, 0.1) is 0 Å². The predicted molar refractivity (Wildman–Crippen MR) is 93.6 cm³/mol. The van der Waals surface area contributed by atoms with Crippen LogP contribution in [-0.2, 0) is 0 Å². The fourth-order valence-corrected chi connectivity index (χ4v) is 2.33. The Balaban J connectivity index is 2.06. The van der Waals surface area contributed by atoms with Gasteiger partial charge >= 0.3 is 5.97 Å². The molecule has 0 bridgehead atoms. The second-order valence-corrected chi connectivity index (χ2v) is 5.67. The van der Waals surface area contributed by atoms with Crippen LogP contribution in [0.4, 0.5) is 5.69 Å². The Morgan fingerprint density at radius 3 is 2.48 bits per heavy atom. The van der Waals surface area contributed by atoms with Crippen LogP contribution in [0.25, 0.3) is 0 Å². The van der Waals surface area contributed by atoms with Gasteiger partial charge in [0.15, 0.2) is 5.11 Å². The van der Waals surface area contributed by atoms with Gasteiger partial charge in [0, 0.05) is 16.3 Å². The van der Waals surface area contributed by atoms with Crippen LogP contribution in [0.2, 0.25) is 10.0 Å². The van der Waals surface area contributed by atoms with Gasteiger partial charge in [-0.1, -0.05) is 29.3 Å². The number of rotatable bonds is 3. The summed E-state index contributed by atoms with van der Waals surface area (Å²) in [5, 5.41) is 14.8.